The standard InChI is InChI=1S/C50H62O8/c1-9-50(8,45-22-36(14-19-46(45)57-42-24-51-25-42)48(4,5)34-10-15-38(16-11-34)53-28-40-30-55-40)23-33-20-37(21-44(32(2)3)47(33)58-43-26-52-27-43)49(6,7)35-12-17-39(18-13-35)54-29-41-31-56-41/h10-22,32,40-43H,9,23-31H2,1-8H3. The fraction of sp³-hybridized carbons (Fsp3) is 0.520. The molecule has 58 heavy (non-hydrogen) atoms. The van der Waals surface area contributed by atoms with Crippen LogP contribution in [0.4, 0.5) is 0 Å². The van der Waals surface area contributed by atoms with Crippen molar-refractivity contribution in [1.82, 2.24) is 0 Å². The fourth-order valence-corrected chi connectivity index (χ4v) is 7.99. The smallest absolute Gasteiger partial charge is 0.145 e. The molecule has 4 aromatic rings. The Morgan fingerprint density at radius 2 is 1.10 bits per heavy atom. The van der Waals surface area contributed by atoms with Gasteiger partial charge in [0.1, 0.15) is 60.6 Å². The van der Waals surface area contributed by atoms with Crippen LogP contribution in [0, 0.1) is 0 Å². The lowest BCUT2D eigenvalue weighted by atomic mass is 9.70. The van der Waals surface area contributed by atoms with Gasteiger partial charge in [-0.25, -0.2) is 0 Å². The Kier molecular flexibility index (Phi) is 11.6. The van der Waals surface area contributed by atoms with Crippen LogP contribution in [0.2, 0.25) is 0 Å². The highest BCUT2D eigenvalue weighted by molar-refractivity contribution is 5.54. The summed E-state index contributed by atoms with van der Waals surface area (Å²) in [6.45, 7) is 23.7. The fourth-order valence-electron chi connectivity index (χ4n) is 7.99. The van der Waals surface area contributed by atoms with Gasteiger partial charge in [-0.2, -0.15) is 0 Å². The zero-order valence-corrected chi connectivity index (χ0v) is 35.7. The van der Waals surface area contributed by atoms with Crippen molar-refractivity contribution >= 4 is 0 Å². The molecule has 0 bridgehead atoms. The molecule has 4 heterocycles. The molecule has 4 aliphatic heterocycles. The van der Waals surface area contributed by atoms with Gasteiger partial charge in [0.25, 0.3) is 0 Å². The van der Waals surface area contributed by atoms with E-state index < -0.39 is 0 Å². The molecular weight excluding hydrogens is 729 g/mol. The van der Waals surface area contributed by atoms with Crippen molar-refractivity contribution in [3.05, 3.63) is 118 Å². The van der Waals surface area contributed by atoms with Gasteiger partial charge in [-0.15, -0.1) is 0 Å². The molecule has 310 valence electrons. The van der Waals surface area contributed by atoms with Crippen LogP contribution in [0.5, 0.6) is 23.0 Å². The van der Waals surface area contributed by atoms with E-state index in [0.717, 1.165) is 49.1 Å². The molecule has 4 fully saturated rings. The molecule has 0 saturated carbocycles. The van der Waals surface area contributed by atoms with Crippen LogP contribution < -0.4 is 18.9 Å². The van der Waals surface area contributed by atoms with Crippen molar-refractivity contribution in [2.75, 3.05) is 52.9 Å². The average molecular weight is 791 g/mol. The molecule has 0 spiro atoms. The van der Waals surface area contributed by atoms with E-state index >= 15 is 0 Å². The molecule has 8 rings (SSSR count). The molecule has 0 aromatic heterocycles. The first kappa shape index (κ1) is 40.7. The van der Waals surface area contributed by atoms with Gasteiger partial charge in [0.2, 0.25) is 0 Å². The van der Waals surface area contributed by atoms with E-state index in [2.05, 4.69) is 134 Å². The second kappa shape index (κ2) is 16.5. The third-order valence-corrected chi connectivity index (χ3v) is 12.9. The molecule has 0 N–H and O–H groups in total. The molecule has 3 unspecified atom stereocenters. The van der Waals surface area contributed by atoms with E-state index in [-0.39, 0.29) is 46.6 Å². The summed E-state index contributed by atoms with van der Waals surface area (Å²) in [7, 11) is 0. The second-order valence-electron chi connectivity index (χ2n) is 18.4. The topological polar surface area (TPSA) is 80.4 Å². The molecule has 4 aliphatic rings. The monoisotopic (exact) mass is 790 g/mol. The van der Waals surface area contributed by atoms with Crippen LogP contribution in [-0.4, -0.2) is 77.3 Å². The second-order valence-corrected chi connectivity index (χ2v) is 18.4. The van der Waals surface area contributed by atoms with Crippen LogP contribution >= 0.6 is 0 Å². The molecule has 8 heteroatoms. The van der Waals surface area contributed by atoms with Crippen molar-refractivity contribution in [3.63, 3.8) is 0 Å². The van der Waals surface area contributed by atoms with Gasteiger partial charge >= 0.3 is 0 Å². The van der Waals surface area contributed by atoms with E-state index in [1.807, 2.05) is 0 Å². The molecule has 8 nitrogen and oxygen atoms in total. The number of rotatable bonds is 19. The minimum absolute atomic E-state index is 0.0389. The lowest BCUT2D eigenvalue weighted by Crippen LogP contribution is -2.40. The van der Waals surface area contributed by atoms with Gasteiger partial charge in [-0.1, -0.05) is 104 Å². The Balaban J connectivity index is 1.17. The first-order valence-corrected chi connectivity index (χ1v) is 21.3. The lowest BCUT2D eigenvalue weighted by Gasteiger charge is -2.37. The van der Waals surface area contributed by atoms with E-state index in [0.29, 0.717) is 39.6 Å². The zero-order chi connectivity index (χ0) is 40.7. The first-order valence-electron chi connectivity index (χ1n) is 21.3. The molecule has 0 radical (unpaired) electrons. The molecule has 4 saturated heterocycles. The lowest BCUT2D eigenvalue weighted by molar-refractivity contribution is -0.0807. The summed E-state index contributed by atoms with van der Waals surface area (Å²) in [6.07, 6.45) is 2.19. The first-order chi connectivity index (χ1) is 27.8. The predicted molar refractivity (Wildman–Crippen MR) is 226 cm³/mol. The summed E-state index contributed by atoms with van der Waals surface area (Å²) in [5, 5.41) is 0. The van der Waals surface area contributed by atoms with Crippen molar-refractivity contribution < 1.29 is 37.9 Å². The number of epoxide rings is 2. The number of ether oxygens (including phenoxy) is 8. The van der Waals surface area contributed by atoms with Gasteiger partial charge < -0.3 is 37.9 Å². The van der Waals surface area contributed by atoms with E-state index in [9.17, 15) is 0 Å². The van der Waals surface area contributed by atoms with Crippen LogP contribution in [0.3, 0.4) is 0 Å². The Bertz CT molecular complexity index is 2020. The zero-order valence-electron chi connectivity index (χ0n) is 35.7. The van der Waals surface area contributed by atoms with Gasteiger partial charge in [0, 0.05) is 21.8 Å². The van der Waals surface area contributed by atoms with E-state index in [1.54, 1.807) is 0 Å². The minimum atomic E-state index is -0.301. The Hall–Kier alpha value is -4.08. The van der Waals surface area contributed by atoms with Crippen molar-refractivity contribution in [2.45, 2.75) is 115 Å². The number of benzene rings is 4. The van der Waals surface area contributed by atoms with E-state index in [4.69, 9.17) is 37.9 Å². The quantitative estimate of drug-likeness (QED) is 0.0870. The van der Waals surface area contributed by atoms with Gasteiger partial charge in [-0.05, 0) is 82.5 Å². The predicted octanol–water partition coefficient (Wildman–Crippen LogP) is 9.48. The third-order valence-electron chi connectivity index (χ3n) is 12.9. The van der Waals surface area contributed by atoms with Crippen LogP contribution in [0.15, 0.2) is 78.9 Å². The molecular formula is C50H62O8. The minimum Gasteiger partial charge on any atom is -0.491 e. The normalized spacial score (nSPS) is 20.5. The summed E-state index contributed by atoms with van der Waals surface area (Å²) in [4.78, 5) is 0. The molecule has 3 atom stereocenters. The van der Waals surface area contributed by atoms with Crippen LogP contribution in [-0.2, 0) is 41.6 Å². The highest BCUT2D eigenvalue weighted by atomic mass is 16.6. The summed E-state index contributed by atoms with van der Waals surface area (Å²) in [6, 6.07) is 28.7. The van der Waals surface area contributed by atoms with Gasteiger partial charge in [-0.3, -0.25) is 0 Å². The third kappa shape index (κ3) is 8.91. The maximum absolute atomic E-state index is 6.92. The Labute approximate surface area is 345 Å². The summed E-state index contributed by atoms with van der Waals surface area (Å²) >= 11 is 0. The summed E-state index contributed by atoms with van der Waals surface area (Å²) in [5.41, 5.74) is 7.73. The maximum Gasteiger partial charge on any atom is 0.145 e. The number of hydrogen-bond donors (Lipinski definition) is 0. The van der Waals surface area contributed by atoms with Crippen molar-refractivity contribution in [3.8, 4) is 23.0 Å². The Morgan fingerprint density at radius 1 is 0.603 bits per heavy atom. The highest BCUT2D eigenvalue weighted by Gasteiger charge is 2.37. The summed E-state index contributed by atoms with van der Waals surface area (Å²) in [5.74, 6) is 3.90. The molecule has 4 aromatic carbocycles. The van der Waals surface area contributed by atoms with E-state index in [1.165, 1.54) is 38.9 Å². The molecule has 0 amide bonds. The van der Waals surface area contributed by atoms with Crippen LogP contribution in [0.1, 0.15) is 107 Å². The number of hydrogen-bond acceptors (Lipinski definition) is 8. The van der Waals surface area contributed by atoms with Gasteiger partial charge in [0.15, 0.2) is 0 Å². The van der Waals surface area contributed by atoms with Crippen molar-refractivity contribution in [2.24, 2.45) is 0 Å². The SMILES string of the molecule is CCC(C)(Cc1cc(C(C)(C)c2ccc(OCC3CO3)cc2)cc(C(C)C)c1OC1COC1)c1cc(C(C)(C)c2ccc(OCC3CO3)cc2)ccc1OC1COC1. The molecule has 0 aliphatic carbocycles. The van der Waals surface area contributed by atoms with Gasteiger partial charge in [0.05, 0.1) is 39.6 Å². The summed E-state index contributed by atoms with van der Waals surface area (Å²) < 4.78 is 47.5. The average Bonchev–Trinajstić information content (AvgIpc) is 4.13. The van der Waals surface area contributed by atoms with Crippen molar-refractivity contribution in [1.29, 1.82) is 0 Å². The highest BCUT2D eigenvalue weighted by Crippen LogP contribution is 2.46. The Morgan fingerprint density at radius 3 is 1.57 bits per heavy atom. The largest absolute Gasteiger partial charge is 0.491 e. The van der Waals surface area contributed by atoms with Crippen LogP contribution in [0.25, 0.3) is 0 Å². The maximum atomic E-state index is 6.92.